The van der Waals surface area contributed by atoms with E-state index in [1.165, 1.54) is 15.9 Å². The zero-order valence-corrected chi connectivity index (χ0v) is 13.7. The molecule has 6 nitrogen and oxygen atoms in total. The first kappa shape index (κ1) is 15.9. The highest BCUT2D eigenvalue weighted by Gasteiger charge is 2.15. The Morgan fingerprint density at radius 2 is 2.17 bits per heavy atom. The molecule has 0 unspecified atom stereocenters. The molecule has 0 amide bonds. The molecule has 0 bridgehead atoms. The highest BCUT2D eigenvalue weighted by atomic mass is 32.1. The van der Waals surface area contributed by atoms with Crippen molar-refractivity contribution in [1.82, 2.24) is 9.55 Å². The molecule has 3 aromatic rings. The molecule has 0 aliphatic rings. The van der Waals surface area contributed by atoms with Crippen LogP contribution in [0.2, 0.25) is 0 Å². The van der Waals surface area contributed by atoms with Gasteiger partial charge in [-0.2, -0.15) is 5.26 Å². The molecule has 0 spiro atoms. The summed E-state index contributed by atoms with van der Waals surface area (Å²) in [5.74, 6) is -0.212. The number of hydrogen-bond acceptors (Lipinski definition) is 6. The quantitative estimate of drug-likeness (QED) is 0.682. The molecule has 7 heteroatoms. The van der Waals surface area contributed by atoms with Crippen LogP contribution in [0.4, 0.5) is 0 Å². The molecule has 0 radical (unpaired) electrons. The van der Waals surface area contributed by atoms with Crippen LogP contribution in [-0.2, 0) is 17.9 Å². The van der Waals surface area contributed by atoms with Gasteiger partial charge in [0.05, 0.1) is 17.0 Å². The summed E-state index contributed by atoms with van der Waals surface area (Å²) < 4.78 is 6.52. The Kier molecular flexibility index (Phi) is 4.40. The maximum atomic E-state index is 12.5. The average Bonchev–Trinajstić information content (AvgIpc) is 3.02. The first-order chi connectivity index (χ1) is 11.6. The van der Waals surface area contributed by atoms with Gasteiger partial charge in [-0.25, -0.2) is 9.78 Å². The van der Waals surface area contributed by atoms with E-state index < -0.39 is 5.97 Å². The van der Waals surface area contributed by atoms with Crippen LogP contribution in [-0.4, -0.2) is 15.5 Å². The molecule has 0 saturated carbocycles. The smallest absolute Gasteiger partial charge is 0.349 e. The summed E-state index contributed by atoms with van der Waals surface area (Å²) in [4.78, 5) is 29.5. The topological polar surface area (TPSA) is 85.0 Å². The number of fused-ring (bicyclic) bond motifs is 1. The van der Waals surface area contributed by atoms with Crippen molar-refractivity contribution in [2.24, 2.45) is 0 Å². The number of benzene rings is 1. The van der Waals surface area contributed by atoms with Crippen molar-refractivity contribution in [1.29, 1.82) is 5.26 Å². The second kappa shape index (κ2) is 6.64. The van der Waals surface area contributed by atoms with Crippen LogP contribution in [0, 0.1) is 18.3 Å². The number of thiophene rings is 1. The van der Waals surface area contributed by atoms with E-state index in [0.29, 0.717) is 15.8 Å². The highest BCUT2D eigenvalue weighted by Crippen LogP contribution is 2.17. The lowest BCUT2D eigenvalue weighted by Crippen LogP contribution is -2.26. The van der Waals surface area contributed by atoms with Crippen molar-refractivity contribution in [2.45, 2.75) is 20.1 Å². The van der Waals surface area contributed by atoms with Crippen LogP contribution >= 0.6 is 11.3 Å². The van der Waals surface area contributed by atoms with Gasteiger partial charge in [0, 0.05) is 0 Å². The number of para-hydroxylation sites is 1. The van der Waals surface area contributed by atoms with Gasteiger partial charge in [-0.1, -0.05) is 12.1 Å². The lowest BCUT2D eigenvalue weighted by atomic mass is 10.2. The summed E-state index contributed by atoms with van der Waals surface area (Å²) in [5, 5.41) is 11.2. The molecular weight excluding hydrogens is 326 g/mol. The molecule has 120 valence electrons. The normalized spacial score (nSPS) is 10.5. The summed E-state index contributed by atoms with van der Waals surface area (Å²) in [6.07, 6.45) is 0. The van der Waals surface area contributed by atoms with Crippen molar-refractivity contribution >= 4 is 28.2 Å². The third kappa shape index (κ3) is 2.92. The van der Waals surface area contributed by atoms with Crippen molar-refractivity contribution in [3.63, 3.8) is 0 Å². The van der Waals surface area contributed by atoms with Gasteiger partial charge in [-0.3, -0.25) is 9.36 Å². The number of ether oxygens (including phenoxy) is 1. The summed E-state index contributed by atoms with van der Waals surface area (Å²) in [6.45, 7) is 1.51. The van der Waals surface area contributed by atoms with Gasteiger partial charge in [0.15, 0.2) is 5.82 Å². The number of aryl methyl sites for hydroxylation is 1. The Morgan fingerprint density at radius 3 is 2.88 bits per heavy atom. The summed E-state index contributed by atoms with van der Waals surface area (Å²) >= 11 is 1.30. The number of nitriles is 1. The van der Waals surface area contributed by atoms with E-state index in [-0.39, 0.29) is 24.5 Å². The molecule has 24 heavy (non-hydrogen) atoms. The molecule has 2 heterocycles. The average molecular weight is 339 g/mol. The maximum absolute atomic E-state index is 12.5. The van der Waals surface area contributed by atoms with Crippen LogP contribution in [0.1, 0.15) is 21.1 Å². The van der Waals surface area contributed by atoms with Gasteiger partial charge in [-0.05, 0) is 36.1 Å². The van der Waals surface area contributed by atoms with E-state index in [0.717, 1.165) is 5.56 Å². The molecule has 3 rings (SSSR count). The SMILES string of the molecule is Cc1ccsc1C(=O)OCc1nc2ccccc2c(=O)n1CC#N. The van der Waals surface area contributed by atoms with Gasteiger partial charge >= 0.3 is 5.97 Å². The minimum atomic E-state index is -0.464. The number of carbonyl (C=O) groups excluding carboxylic acids is 1. The van der Waals surface area contributed by atoms with Gasteiger partial charge < -0.3 is 4.74 Å². The van der Waals surface area contributed by atoms with Crippen LogP contribution in [0.15, 0.2) is 40.5 Å². The Hall–Kier alpha value is -2.98. The van der Waals surface area contributed by atoms with Crippen LogP contribution in [0.3, 0.4) is 0 Å². The van der Waals surface area contributed by atoms with E-state index >= 15 is 0 Å². The Morgan fingerprint density at radius 1 is 1.38 bits per heavy atom. The summed E-state index contributed by atoms with van der Waals surface area (Å²) in [5.41, 5.74) is 1.03. The van der Waals surface area contributed by atoms with Crippen molar-refractivity contribution in [3.8, 4) is 6.07 Å². The Balaban J connectivity index is 1.95. The molecule has 0 aliphatic carbocycles. The Labute approximate surface area is 141 Å². The number of rotatable bonds is 4. The second-order valence-corrected chi connectivity index (χ2v) is 6.02. The molecule has 0 atom stereocenters. The van der Waals surface area contributed by atoms with E-state index in [1.807, 2.05) is 24.4 Å². The number of aromatic nitrogens is 2. The molecule has 0 aliphatic heterocycles. The van der Waals surface area contributed by atoms with E-state index in [2.05, 4.69) is 4.98 Å². The monoisotopic (exact) mass is 339 g/mol. The van der Waals surface area contributed by atoms with Crippen LogP contribution < -0.4 is 5.56 Å². The van der Waals surface area contributed by atoms with E-state index in [4.69, 9.17) is 10.00 Å². The highest BCUT2D eigenvalue weighted by molar-refractivity contribution is 7.12. The van der Waals surface area contributed by atoms with Gasteiger partial charge in [0.25, 0.3) is 5.56 Å². The molecule has 0 fully saturated rings. The minimum Gasteiger partial charge on any atom is -0.453 e. The number of carbonyl (C=O) groups is 1. The molecule has 2 aromatic heterocycles. The molecule has 0 saturated heterocycles. The van der Waals surface area contributed by atoms with Gasteiger partial charge in [0.1, 0.15) is 18.0 Å². The van der Waals surface area contributed by atoms with Gasteiger partial charge in [0.2, 0.25) is 0 Å². The standard InChI is InChI=1S/C17H13N3O3S/c1-11-6-9-24-15(11)17(22)23-10-14-19-13-5-3-2-4-12(13)16(21)20(14)8-7-18/h2-6,9H,8,10H2,1H3. The minimum absolute atomic E-state index is 0.151. The van der Waals surface area contributed by atoms with Crippen LogP contribution in [0.5, 0.6) is 0 Å². The fraction of sp³-hybridized carbons (Fsp3) is 0.176. The number of esters is 1. The van der Waals surface area contributed by atoms with Crippen molar-refractivity contribution in [2.75, 3.05) is 0 Å². The fourth-order valence-corrected chi connectivity index (χ4v) is 3.15. The molecule has 1 aromatic carbocycles. The third-order valence-corrected chi connectivity index (χ3v) is 4.55. The largest absolute Gasteiger partial charge is 0.453 e. The Bertz CT molecular complexity index is 1010. The number of nitrogens with zero attached hydrogens (tertiary/aromatic N) is 3. The first-order valence-corrected chi connectivity index (χ1v) is 8.06. The predicted molar refractivity (Wildman–Crippen MR) is 89.8 cm³/mol. The van der Waals surface area contributed by atoms with Crippen LogP contribution in [0.25, 0.3) is 10.9 Å². The summed E-state index contributed by atoms with van der Waals surface area (Å²) in [6, 6.07) is 10.6. The zero-order valence-electron chi connectivity index (χ0n) is 12.9. The van der Waals surface area contributed by atoms with Crippen molar-refractivity contribution in [3.05, 3.63) is 62.3 Å². The lowest BCUT2D eigenvalue weighted by Gasteiger charge is -2.11. The predicted octanol–water partition coefficient (Wildman–Crippen LogP) is 2.65. The molecule has 0 N–H and O–H groups in total. The lowest BCUT2D eigenvalue weighted by molar-refractivity contribution is 0.0462. The third-order valence-electron chi connectivity index (χ3n) is 3.55. The maximum Gasteiger partial charge on any atom is 0.349 e. The van der Waals surface area contributed by atoms with Crippen molar-refractivity contribution < 1.29 is 9.53 Å². The van der Waals surface area contributed by atoms with E-state index in [9.17, 15) is 9.59 Å². The second-order valence-electron chi connectivity index (χ2n) is 5.10. The first-order valence-electron chi connectivity index (χ1n) is 7.18. The fourth-order valence-electron chi connectivity index (χ4n) is 2.34. The molecular formula is C17H13N3O3S. The van der Waals surface area contributed by atoms with E-state index in [1.54, 1.807) is 24.3 Å². The van der Waals surface area contributed by atoms with Gasteiger partial charge in [-0.15, -0.1) is 11.3 Å². The number of hydrogen-bond donors (Lipinski definition) is 0. The summed E-state index contributed by atoms with van der Waals surface area (Å²) in [7, 11) is 0. The zero-order chi connectivity index (χ0) is 17.1.